The van der Waals surface area contributed by atoms with Gasteiger partial charge in [0, 0.05) is 5.92 Å². The summed E-state index contributed by atoms with van der Waals surface area (Å²) in [4.78, 5) is 0. The zero-order chi connectivity index (χ0) is 20.6. The second kappa shape index (κ2) is 8.15. The number of fused-ring (bicyclic) bond motifs is 2. The smallest absolute Gasteiger partial charge is 0.0126 e. The third-order valence-corrected chi connectivity index (χ3v) is 8.27. The molecule has 0 heteroatoms. The van der Waals surface area contributed by atoms with Gasteiger partial charge in [0.15, 0.2) is 0 Å². The number of allylic oxidation sites excluding steroid dienone is 1. The highest BCUT2D eigenvalue weighted by molar-refractivity contribution is 5.65. The molecule has 3 aliphatic rings. The Morgan fingerprint density at radius 1 is 0.581 bits per heavy atom. The van der Waals surface area contributed by atoms with Crippen LogP contribution in [-0.2, 0) is 6.42 Å². The van der Waals surface area contributed by atoms with E-state index < -0.39 is 0 Å². The van der Waals surface area contributed by atoms with Crippen LogP contribution >= 0.6 is 0 Å². The fourth-order valence-electron chi connectivity index (χ4n) is 6.84. The summed E-state index contributed by atoms with van der Waals surface area (Å²) in [5, 5.41) is 0. The second-order valence-corrected chi connectivity index (χ2v) is 9.95. The molecule has 0 spiro atoms. The molecule has 6 rings (SSSR count). The highest BCUT2D eigenvalue weighted by Gasteiger charge is 2.39. The van der Waals surface area contributed by atoms with Crippen molar-refractivity contribution in [2.45, 2.75) is 62.7 Å². The van der Waals surface area contributed by atoms with Gasteiger partial charge in [0.2, 0.25) is 0 Å². The van der Waals surface area contributed by atoms with E-state index in [0.29, 0.717) is 17.8 Å². The minimum absolute atomic E-state index is 0.512. The van der Waals surface area contributed by atoms with Crippen molar-refractivity contribution in [1.29, 1.82) is 0 Å². The van der Waals surface area contributed by atoms with Crippen LogP contribution in [0.15, 0.2) is 84.4 Å². The molecule has 3 unspecified atom stereocenters. The zero-order valence-corrected chi connectivity index (χ0v) is 18.3. The van der Waals surface area contributed by atoms with Gasteiger partial charge in [-0.1, -0.05) is 110 Å². The molecule has 3 atom stereocenters. The summed E-state index contributed by atoms with van der Waals surface area (Å²) in [5.41, 5.74) is 9.39. The summed E-state index contributed by atoms with van der Waals surface area (Å²) in [6, 6.07) is 29.8. The molecule has 0 aromatic heterocycles. The second-order valence-electron chi connectivity index (χ2n) is 9.95. The van der Waals surface area contributed by atoms with Crippen molar-refractivity contribution in [3.05, 3.63) is 112 Å². The standard InChI is InChI=1S/C31H32/c1-3-11-22(12-4-1)29-21-26(19-24-15-7-9-17-27(24)29)31-28-18-10-8-16-25(28)20-30(31)23-13-5-2-6-14-23/h2,5-10,13-19,22,29-31H,1,3-4,11-12,20-21H2. The van der Waals surface area contributed by atoms with Gasteiger partial charge in [0.05, 0.1) is 0 Å². The highest BCUT2D eigenvalue weighted by atomic mass is 14.4. The minimum atomic E-state index is 0.512. The van der Waals surface area contributed by atoms with Gasteiger partial charge in [-0.05, 0) is 71.3 Å². The zero-order valence-electron chi connectivity index (χ0n) is 18.3. The number of benzene rings is 3. The Morgan fingerprint density at radius 3 is 2.13 bits per heavy atom. The van der Waals surface area contributed by atoms with Crippen molar-refractivity contribution in [3.63, 3.8) is 0 Å². The molecule has 0 nitrogen and oxygen atoms in total. The van der Waals surface area contributed by atoms with Crippen LogP contribution in [0.25, 0.3) is 6.08 Å². The molecule has 3 aromatic carbocycles. The van der Waals surface area contributed by atoms with E-state index in [9.17, 15) is 0 Å². The van der Waals surface area contributed by atoms with Crippen molar-refractivity contribution in [3.8, 4) is 0 Å². The van der Waals surface area contributed by atoms with E-state index in [1.54, 1.807) is 22.3 Å². The average Bonchev–Trinajstić information content (AvgIpc) is 3.24. The van der Waals surface area contributed by atoms with E-state index in [0.717, 1.165) is 12.3 Å². The lowest BCUT2D eigenvalue weighted by molar-refractivity contribution is 0.298. The van der Waals surface area contributed by atoms with Crippen LogP contribution < -0.4 is 0 Å². The minimum Gasteiger partial charge on any atom is -0.0622 e. The van der Waals surface area contributed by atoms with Crippen LogP contribution in [0.4, 0.5) is 0 Å². The van der Waals surface area contributed by atoms with E-state index in [-0.39, 0.29) is 0 Å². The molecule has 1 fully saturated rings. The lowest BCUT2D eigenvalue weighted by Gasteiger charge is -2.37. The molecule has 0 heterocycles. The lowest BCUT2D eigenvalue weighted by atomic mass is 9.67. The maximum Gasteiger partial charge on any atom is 0.0126 e. The van der Waals surface area contributed by atoms with Crippen LogP contribution in [-0.4, -0.2) is 0 Å². The molecule has 156 valence electrons. The third kappa shape index (κ3) is 3.47. The Hall–Kier alpha value is -2.60. The fourth-order valence-corrected chi connectivity index (χ4v) is 6.84. The van der Waals surface area contributed by atoms with Gasteiger partial charge in [-0.2, -0.15) is 0 Å². The molecule has 3 aliphatic carbocycles. The largest absolute Gasteiger partial charge is 0.0622 e. The molecule has 0 amide bonds. The van der Waals surface area contributed by atoms with Gasteiger partial charge in [-0.15, -0.1) is 0 Å². The predicted octanol–water partition coefficient (Wildman–Crippen LogP) is 8.26. The Bertz CT molecular complexity index is 1080. The van der Waals surface area contributed by atoms with Gasteiger partial charge < -0.3 is 0 Å². The highest BCUT2D eigenvalue weighted by Crippen LogP contribution is 2.54. The van der Waals surface area contributed by atoms with Crippen molar-refractivity contribution < 1.29 is 0 Å². The lowest BCUT2D eigenvalue weighted by Crippen LogP contribution is -2.22. The quantitative estimate of drug-likeness (QED) is 0.412. The number of rotatable bonds is 3. The number of hydrogen-bond donors (Lipinski definition) is 0. The van der Waals surface area contributed by atoms with E-state index in [4.69, 9.17) is 0 Å². The molecule has 0 N–H and O–H groups in total. The van der Waals surface area contributed by atoms with Gasteiger partial charge in [0.25, 0.3) is 0 Å². The van der Waals surface area contributed by atoms with Crippen LogP contribution in [0.5, 0.6) is 0 Å². The SMILES string of the molecule is C1=C(C2c3ccccc3CC2c2ccccc2)CC(C2CCCCC2)c2ccccc21. The summed E-state index contributed by atoms with van der Waals surface area (Å²) in [6.45, 7) is 0. The van der Waals surface area contributed by atoms with E-state index in [1.165, 1.54) is 49.7 Å². The van der Waals surface area contributed by atoms with Crippen molar-refractivity contribution in [2.24, 2.45) is 5.92 Å². The van der Waals surface area contributed by atoms with Gasteiger partial charge in [-0.25, -0.2) is 0 Å². The van der Waals surface area contributed by atoms with Crippen LogP contribution in [0.1, 0.15) is 84.1 Å². The Kier molecular flexibility index (Phi) is 5.03. The Labute approximate surface area is 187 Å². The Balaban J connectivity index is 1.45. The fraction of sp³-hybridized carbons (Fsp3) is 0.355. The van der Waals surface area contributed by atoms with Crippen molar-refractivity contribution in [2.75, 3.05) is 0 Å². The molecular formula is C31H32. The predicted molar refractivity (Wildman–Crippen MR) is 130 cm³/mol. The van der Waals surface area contributed by atoms with Crippen molar-refractivity contribution >= 4 is 6.08 Å². The normalized spacial score (nSPS) is 25.5. The van der Waals surface area contributed by atoms with Crippen molar-refractivity contribution in [1.82, 2.24) is 0 Å². The summed E-state index contributed by atoms with van der Waals surface area (Å²) in [5.74, 6) is 2.62. The molecular weight excluding hydrogens is 372 g/mol. The molecule has 1 saturated carbocycles. The first-order valence-corrected chi connectivity index (χ1v) is 12.3. The van der Waals surface area contributed by atoms with Crippen LogP contribution in [0.2, 0.25) is 0 Å². The summed E-state index contributed by atoms with van der Waals surface area (Å²) in [7, 11) is 0. The molecule has 0 saturated heterocycles. The molecule has 3 aromatic rings. The molecule has 31 heavy (non-hydrogen) atoms. The molecule has 0 aliphatic heterocycles. The monoisotopic (exact) mass is 404 g/mol. The van der Waals surface area contributed by atoms with Gasteiger partial charge in [0.1, 0.15) is 0 Å². The van der Waals surface area contributed by atoms with Crippen LogP contribution in [0, 0.1) is 5.92 Å². The maximum absolute atomic E-state index is 2.57. The molecule has 0 radical (unpaired) electrons. The average molecular weight is 405 g/mol. The van der Waals surface area contributed by atoms with Crippen LogP contribution in [0.3, 0.4) is 0 Å². The van der Waals surface area contributed by atoms with Gasteiger partial charge in [-0.3, -0.25) is 0 Å². The number of hydrogen-bond acceptors (Lipinski definition) is 0. The Morgan fingerprint density at radius 2 is 1.29 bits per heavy atom. The topological polar surface area (TPSA) is 0 Å². The maximum atomic E-state index is 2.57. The summed E-state index contributed by atoms with van der Waals surface area (Å²) in [6.07, 6.45) is 12.1. The summed E-state index contributed by atoms with van der Waals surface area (Å²) < 4.78 is 0. The first-order valence-electron chi connectivity index (χ1n) is 12.3. The summed E-state index contributed by atoms with van der Waals surface area (Å²) >= 11 is 0. The van der Waals surface area contributed by atoms with E-state index in [1.807, 2.05) is 0 Å². The molecule has 0 bridgehead atoms. The third-order valence-electron chi connectivity index (χ3n) is 8.27. The van der Waals surface area contributed by atoms with E-state index >= 15 is 0 Å². The first kappa shape index (κ1) is 19.1. The van der Waals surface area contributed by atoms with Gasteiger partial charge >= 0.3 is 0 Å². The first-order chi connectivity index (χ1) is 15.4. The van der Waals surface area contributed by atoms with E-state index in [2.05, 4.69) is 84.9 Å².